The number of rotatable bonds is 1. The first kappa shape index (κ1) is 7.73. The maximum absolute atomic E-state index is 8.76. The molecule has 0 amide bonds. The highest BCUT2D eigenvalue weighted by atomic mass is 15.0. The Kier molecular flexibility index (Phi) is 1.70. The summed E-state index contributed by atoms with van der Waals surface area (Å²) in [6, 6.07) is 11.3. The molecule has 0 heterocycles. The molecule has 0 saturated carbocycles. The van der Waals surface area contributed by atoms with Gasteiger partial charge < -0.3 is 5.73 Å². The van der Waals surface area contributed by atoms with Crippen LogP contribution in [0.15, 0.2) is 41.5 Å². The number of fused-ring (bicyclic) bond motifs is 1. The second-order valence-corrected chi connectivity index (χ2v) is 2.82. The molecule has 1 radical (unpaired) electrons. The van der Waals surface area contributed by atoms with E-state index in [9.17, 15) is 0 Å². The van der Waals surface area contributed by atoms with Crippen molar-refractivity contribution < 1.29 is 0 Å². The Labute approximate surface area is 75.7 Å². The first-order valence-corrected chi connectivity index (χ1v) is 3.95. The molecule has 3 heteroatoms. The van der Waals surface area contributed by atoms with Crippen LogP contribution in [0.1, 0.15) is 0 Å². The van der Waals surface area contributed by atoms with Gasteiger partial charge in [-0.15, -0.1) is 5.11 Å². The molecule has 0 aliphatic rings. The van der Waals surface area contributed by atoms with Gasteiger partial charge in [0, 0.05) is 5.39 Å². The fraction of sp³-hybridized carbons (Fsp3) is 0. The van der Waals surface area contributed by atoms with Crippen molar-refractivity contribution in [3.8, 4) is 0 Å². The van der Waals surface area contributed by atoms with E-state index >= 15 is 0 Å². The molecule has 0 unspecified atom stereocenters. The lowest BCUT2D eigenvalue weighted by Gasteiger charge is -2.02. The summed E-state index contributed by atoms with van der Waals surface area (Å²) in [5, 5.41) is 5.06. The monoisotopic (exact) mass is 170 g/mol. The van der Waals surface area contributed by atoms with Crippen molar-refractivity contribution in [1.82, 2.24) is 5.53 Å². The lowest BCUT2D eigenvalue weighted by Crippen LogP contribution is -1.85. The van der Waals surface area contributed by atoms with Gasteiger partial charge >= 0.3 is 0 Å². The largest absolute Gasteiger partial charge is 0.397 e. The number of benzene rings is 2. The van der Waals surface area contributed by atoms with Crippen LogP contribution in [0, 0.1) is 0 Å². The first-order chi connectivity index (χ1) is 6.33. The molecule has 0 atom stereocenters. The SMILES string of the molecule is [N]=Nc1c(N)ccc2ccccc12. The molecule has 2 rings (SSSR count). The molecule has 2 aromatic carbocycles. The summed E-state index contributed by atoms with van der Waals surface area (Å²) in [5.74, 6) is 0. The second-order valence-electron chi connectivity index (χ2n) is 2.82. The molecule has 2 aromatic rings. The Bertz CT molecular complexity index is 463. The van der Waals surface area contributed by atoms with Crippen molar-refractivity contribution in [2.24, 2.45) is 5.11 Å². The first-order valence-electron chi connectivity index (χ1n) is 3.95. The predicted molar refractivity (Wildman–Crippen MR) is 52.6 cm³/mol. The van der Waals surface area contributed by atoms with Crippen molar-refractivity contribution in [3.05, 3.63) is 36.4 Å². The third-order valence-electron chi connectivity index (χ3n) is 2.03. The van der Waals surface area contributed by atoms with Crippen LogP contribution in [-0.2, 0) is 0 Å². The summed E-state index contributed by atoms with van der Waals surface area (Å²) >= 11 is 0. The number of nitrogen functional groups attached to an aromatic ring is 1. The second kappa shape index (κ2) is 2.86. The van der Waals surface area contributed by atoms with Crippen molar-refractivity contribution in [2.45, 2.75) is 0 Å². The van der Waals surface area contributed by atoms with Crippen LogP contribution in [0.4, 0.5) is 11.4 Å². The van der Waals surface area contributed by atoms with Crippen molar-refractivity contribution in [3.63, 3.8) is 0 Å². The van der Waals surface area contributed by atoms with Crippen molar-refractivity contribution >= 4 is 22.1 Å². The minimum absolute atomic E-state index is 0.443. The van der Waals surface area contributed by atoms with Gasteiger partial charge in [0.1, 0.15) is 5.69 Å². The van der Waals surface area contributed by atoms with Crippen molar-refractivity contribution in [1.29, 1.82) is 0 Å². The topological polar surface area (TPSA) is 60.7 Å². The molecule has 63 valence electrons. The number of anilines is 1. The van der Waals surface area contributed by atoms with Crippen LogP contribution >= 0.6 is 0 Å². The van der Waals surface area contributed by atoms with E-state index in [4.69, 9.17) is 11.3 Å². The highest BCUT2D eigenvalue weighted by Gasteiger charge is 2.02. The summed E-state index contributed by atoms with van der Waals surface area (Å²) in [4.78, 5) is 0. The zero-order valence-electron chi connectivity index (χ0n) is 6.94. The summed E-state index contributed by atoms with van der Waals surface area (Å²) in [6.07, 6.45) is 0. The molecular weight excluding hydrogens is 162 g/mol. The minimum atomic E-state index is 0.443. The molecule has 0 saturated heterocycles. The van der Waals surface area contributed by atoms with Crippen LogP contribution in [0.25, 0.3) is 10.8 Å². The van der Waals surface area contributed by atoms with E-state index in [1.165, 1.54) is 0 Å². The lowest BCUT2D eigenvalue weighted by molar-refractivity contribution is 1.32. The van der Waals surface area contributed by atoms with Gasteiger partial charge in [-0.1, -0.05) is 30.3 Å². The Hall–Kier alpha value is -1.90. The Morgan fingerprint density at radius 1 is 1.08 bits per heavy atom. The van der Waals surface area contributed by atoms with Crippen LogP contribution in [0.5, 0.6) is 0 Å². The molecule has 0 bridgehead atoms. The van der Waals surface area contributed by atoms with Crippen LogP contribution in [0.2, 0.25) is 0 Å². The summed E-state index contributed by atoms with van der Waals surface area (Å²) in [5.41, 5.74) is 15.3. The normalized spacial score (nSPS) is 10.2. The zero-order chi connectivity index (χ0) is 9.26. The Morgan fingerprint density at radius 2 is 1.85 bits per heavy atom. The van der Waals surface area contributed by atoms with Gasteiger partial charge in [-0.25, -0.2) is 0 Å². The fourth-order valence-corrected chi connectivity index (χ4v) is 1.38. The van der Waals surface area contributed by atoms with E-state index in [2.05, 4.69) is 5.11 Å². The molecule has 13 heavy (non-hydrogen) atoms. The fourth-order valence-electron chi connectivity index (χ4n) is 1.38. The third-order valence-corrected chi connectivity index (χ3v) is 2.03. The van der Waals surface area contributed by atoms with Gasteiger partial charge in [0.25, 0.3) is 0 Å². The van der Waals surface area contributed by atoms with Gasteiger partial charge in [0.15, 0.2) is 0 Å². The zero-order valence-corrected chi connectivity index (χ0v) is 6.94. The molecule has 0 aliphatic heterocycles. The Morgan fingerprint density at radius 3 is 2.62 bits per heavy atom. The molecule has 0 spiro atoms. The van der Waals surface area contributed by atoms with E-state index < -0.39 is 0 Å². The van der Waals surface area contributed by atoms with Crippen LogP contribution < -0.4 is 11.3 Å². The quantitative estimate of drug-likeness (QED) is 0.518. The molecule has 3 nitrogen and oxygen atoms in total. The van der Waals surface area contributed by atoms with E-state index in [1.807, 2.05) is 30.3 Å². The van der Waals surface area contributed by atoms with Gasteiger partial charge in [-0.3, -0.25) is 0 Å². The van der Waals surface area contributed by atoms with E-state index in [-0.39, 0.29) is 0 Å². The summed E-state index contributed by atoms with van der Waals surface area (Å²) in [7, 11) is 0. The smallest absolute Gasteiger partial charge is 0.118 e. The molecule has 0 aromatic heterocycles. The molecule has 0 aliphatic carbocycles. The molecular formula is C10H8N3. The van der Waals surface area contributed by atoms with Gasteiger partial charge in [-0.2, -0.15) is 0 Å². The van der Waals surface area contributed by atoms with Gasteiger partial charge in [-0.05, 0) is 17.0 Å². The van der Waals surface area contributed by atoms with E-state index in [1.54, 1.807) is 6.07 Å². The van der Waals surface area contributed by atoms with Crippen LogP contribution in [-0.4, -0.2) is 0 Å². The summed E-state index contributed by atoms with van der Waals surface area (Å²) in [6.45, 7) is 0. The molecule has 2 N–H and O–H groups in total. The van der Waals surface area contributed by atoms with Crippen LogP contribution in [0.3, 0.4) is 0 Å². The maximum Gasteiger partial charge on any atom is 0.118 e. The number of nitrogens with two attached hydrogens (primary N) is 1. The average Bonchev–Trinajstić information content (AvgIpc) is 2.18. The minimum Gasteiger partial charge on any atom is -0.397 e. The number of hydrogen-bond acceptors (Lipinski definition) is 2. The standard InChI is InChI=1S/C10H8N3/c11-9-6-5-7-3-1-2-4-8(7)10(9)13-12/h1-6H,11H2. The average molecular weight is 170 g/mol. The van der Waals surface area contributed by atoms with Crippen molar-refractivity contribution in [2.75, 3.05) is 5.73 Å². The lowest BCUT2D eigenvalue weighted by atomic mass is 10.1. The van der Waals surface area contributed by atoms with Gasteiger partial charge in [0.2, 0.25) is 0 Å². The number of nitrogens with zero attached hydrogens (tertiary/aromatic N) is 2. The predicted octanol–water partition coefficient (Wildman–Crippen LogP) is 2.31. The Balaban J connectivity index is 2.91. The number of hydrogen-bond donors (Lipinski definition) is 1. The highest BCUT2D eigenvalue weighted by molar-refractivity contribution is 5.97. The third kappa shape index (κ3) is 1.14. The maximum atomic E-state index is 8.76. The van der Waals surface area contributed by atoms with E-state index in [0.29, 0.717) is 11.4 Å². The van der Waals surface area contributed by atoms with E-state index in [0.717, 1.165) is 10.8 Å². The molecule has 0 fully saturated rings. The van der Waals surface area contributed by atoms with Gasteiger partial charge in [0.05, 0.1) is 5.69 Å². The summed E-state index contributed by atoms with van der Waals surface area (Å²) < 4.78 is 0. The highest BCUT2D eigenvalue weighted by Crippen LogP contribution is 2.30.